The molecule has 1 fully saturated rings. The van der Waals surface area contributed by atoms with Crippen LogP contribution in [0.5, 0.6) is 0 Å². The van der Waals surface area contributed by atoms with Gasteiger partial charge in [-0.2, -0.15) is 0 Å². The molecular weight excluding hydrogens is 398 g/mol. The molecule has 2 aromatic rings. The van der Waals surface area contributed by atoms with Crippen molar-refractivity contribution in [2.75, 3.05) is 26.4 Å². The van der Waals surface area contributed by atoms with Gasteiger partial charge < -0.3 is 14.2 Å². The molecule has 0 aromatic heterocycles. The average molecular weight is 440 g/mol. The fourth-order valence-electron chi connectivity index (χ4n) is 5.11. The molecule has 1 atom stereocenters. The van der Waals surface area contributed by atoms with E-state index in [-0.39, 0.29) is 23.3 Å². The summed E-state index contributed by atoms with van der Waals surface area (Å²) in [5, 5.41) is 0. The van der Waals surface area contributed by atoms with Gasteiger partial charge in [0.1, 0.15) is 0 Å². The molecule has 1 aliphatic rings. The first-order valence-corrected chi connectivity index (χ1v) is 12.0. The summed E-state index contributed by atoms with van der Waals surface area (Å²) in [4.78, 5) is 2.63. The molecule has 0 bridgehead atoms. The summed E-state index contributed by atoms with van der Waals surface area (Å²) in [6.07, 6.45) is 2.26. The molecule has 0 N–H and O–H groups in total. The Balaban J connectivity index is 1.69. The number of benzene rings is 2. The lowest BCUT2D eigenvalue weighted by Gasteiger charge is -2.56. The predicted octanol–water partition coefficient (Wildman–Crippen LogP) is 6.02. The Morgan fingerprint density at radius 2 is 1.47 bits per heavy atom. The SMILES string of the molecule is CCOCCOC(CN1C(C)(C)CC(OCc2ccccc2)CC1(C)C)c1ccccc1. The van der Waals surface area contributed by atoms with Crippen molar-refractivity contribution in [2.24, 2.45) is 0 Å². The van der Waals surface area contributed by atoms with Crippen LogP contribution in [0.25, 0.3) is 0 Å². The zero-order chi connectivity index (χ0) is 23.0. The Kier molecular flexibility index (Phi) is 8.89. The van der Waals surface area contributed by atoms with Crippen molar-refractivity contribution in [3.63, 3.8) is 0 Å². The van der Waals surface area contributed by atoms with Crippen LogP contribution in [-0.2, 0) is 20.8 Å². The van der Waals surface area contributed by atoms with Crippen LogP contribution in [0.15, 0.2) is 60.7 Å². The third-order valence-electron chi connectivity index (χ3n) is 6.51. The van der Waals surface area contributed by atoms with Crippen LogP contribution in [0.2, 0.25) is 0 Å². The quantitative estimate of drug-likeness (QED) is 0.401. The molecule has 2 aromatic carbocycles. The van der Waals surface area contributed by atoms with Crippen LogP contribution >= 0.6 is 0 Å². The fourth-order valence-corrected chi connectivity index (χ4v) is 5.11. The summed E-state index contributed by atoms with van der Waals surface area (Å²) < 4.78 is 18.3. The van der Waals surface area contributed by atoms with Gasteiger partial charge in [-0.05, 0) is 58.6 Å². The van der Waals surface area contributed by atoms with Gasteiger partial charge in [0.2, 0.25) is 0 Å². The highest BCUT2D eigenvalue weighted by Crippen LogP contribution is 2.41. The van der Waals surface area contributed by atoms with Crippen LogP contribution in [0, 0.1) is 0 Å². The lowest BCUT2D eigenvalue weighted by atomic mass is 9.77. The second kappa shape index (κ2) is 11.4. The fraction of sp³-hybridized carbons (Fsp3) is 0.571. The predicted molar refractivity (Wildman–Crippen MR) is 131 cm³/mol. The zero-order valence-corrected chi connectivity index (χ0v) is 20.5. The van der Waals surface area contributed by atoms with Crippen molar-refractivity contribution >= 4 is 0 Å². The number of piperidine rings is 1. The Bertz CT molecular complexity index is 773. The molecule has 4 heteroatoms. The molecular formula is C28H41NO3. The molecule has 32 heavy (non-hydrogen) atoms. The third kappa shape index (κ3) is 6.89. The highest BCUT2D eigenvalue weighted by molar-refractivity contribution is 5.19. The van der Waals surface area contributed by atoms with Crippen molar-refractivity contribution < 1.29 is 14.2 Å². The van der Waals surface area contributed by atoms with E-state index in [0.29, 0.717) is 19.8 Å². The first kappa shape index (κ1) is 24.9. The van der Waals surface area contributed by atoms with Crippen molar-refractivity contribution in [3.05, 3.63) is 71.8 Å². The molecule has 1 saturated heterocycles. The maximum atomic E-state index is 6.40. The topological polar surface area (TPSA) is 30.9 Å². The van der Waals surface area contributed by atoms with E-state index in [1.807, 2.05) is 13.0 Å². The molecule has 0 spiro atoms. The van der Waals surface area contributed by atoms with Gasteiger partial charge >= 0.3 is 0 Å². The smallest absolute Gasteiger partial charge is 0.0953 e. The van der Waals surface area contributed by atoms with Crippen LogP contribution in [0.3, 0.4) is 0 Å². The lowest BCUT2D eigenvalue weighted by molar-refractivity contribution is -0.127. The van der Waals surface area contributed by atoms with Gasteiger partial charge in [-0.1, -0.05) is 60.7 Å². The maximum Gasteiger partial charge on any atom is 0.0953 e. The van der Waals surface area contributed by atoms with Crippen molar-refractivity contribution in [1.29, 1.82) is 0 Å². The standard InChI is InChI=1S/C28H41NO3/c1-6-30-17-18-31-26(24-15-11-8-12-16-24)21-29-27(2,3)19-25(20-28(29,4)5)32-22-23-13-9-7-10-14-23/h7-16,25-26H,6,17-22H2,1-5H3. The van der Waals surface area contributed by atoms with E-state index in [0.717, 1.165) is 26.0 Å². The number of rotatable bonds is 11. The number of likely N-dealkylation sites (tertiary alicyclic amines) is 1. The molecule has 0 saturated carbocycles. The van der Waals surface area contributed by atoms with Crippen molar-refractivity contribution in [1.82, 2.24) is 4.90 Å². The molecule has 176 valence electrons. The van der Waals surface area contributed by atoms with E-state index in [9.17, 15) is 0 Å². The number of hydrogen-bond acceptors (Lipinski definition) is 4. The monoisotopic (exact) mass is 439 g/mol. The normalized spacial score (nSPS) is 19.7. The van der Waals surface area contributed by atoms with Crippen molar-refractivity contribution in [2.45, 2.75) is 77.4 Å². The minimum absolute atomic E-state index is 0.000582. The van der Waals surface area contributed by atoms with E-state index >= 15 is 0 Å². The van der Waals surface area contributed by atoms with E-state index in [1.165, 1.54) is 11.1 Å². The second-order valence-corrected chi connectivity index (χ2v) is 10.0. The number of nitrogens with zero attached hydrogens (tertiary/aromatic N) is 1. The van der Waals surface area contributed by atoms with E-state index in [1.54, 1.807) is 0 Å². The van der Waals surface area contributed by atoms with Crippen LogP contribution < -0.4 is 0 Å². The molecule has 0 amide bonds. The highest BCUT2D eigenvalue weighted by atomic mass is 16.5. The average Bonchev–Trinajstić information content (AvgIpc) is 2.77. The van der Waals surface area contributed by atoms with Gasteiger partial charge in [-0.25, -0.2) is 0 Å². The molecule has 0 radical (unpaired) electrons. The summed E-state index contributed by atoms with van der Waals surface area (Å²) in [5.74, 6) is 0. The van der Waals surface area contributed by atoms with Gasteiger partial charge in [0.25, 0.3) is 0 Å². The summed E-state index contributed by atoms with van der Waals surface area (Å²) in [6, 6.07) is 21.0. The van der Waals surface area contributed by atoms with Gasteiger partial charge in [0.15, 0.2) is 0 Å². The minimum Gasteiger partial charge on any atom is -0.379 e. The van der Waals surface area contributed by atoms with Gasteiger partial charge in [0, 0.05) is 24.2 Å². The first-order chi connectivity index (χ1) is 15.3. The van der Waals surface area contributed by atoms with E-state index in [4.69, 9.17) is 14.2 Å². The second-order valence-electron chi connectivity index (χ2n) is 10.0. The van der Waals surface area contributed by atoms with Crippen molar-refractivity contribution in [3.8, 4) is 0 Å². The third-order valence-corrected chi connectivity index (χ3v) is 6.51. The number of hydrogen-bond donors (Lipinski definition) is 0. The lowest BCUT2D eigenvalue weighted by Crippen LogP contribution is -2.63. The minimum atomic E-state index is -0.000582. The summed E-state index contributed by atoms with van der Waals surface area (Å²) in [6.45, 7) is 14.9. The largest absolute Gasteiger partial charge is 0.379 e. The van der Waals surface area contributed by atoms with E-state index < -0.39 is 0 Å². The molecule has 4 nitrogen and oxygen atoms in total. The van der Waals surface area contributed by atoms with Gasteiger partial charge in [-0.3, -0.25) is 4.90 Å². The summed E-state index contributed by atoms with van der Waals surface area (Å²) >= 11 is 0. The Hall–Kier alpha value is -1.72. The summed E-state index contributed by atoms with van der Waals surface area (Å²) in [7, 11) is 0. The van der Waals surface area contributed by atoms with E-state index in [2.05, 4.69) is 87.2 Å². The molecule has 1 unspecified atom stereocenters. The summed E-state index contributed by atoms with van der Waals surface area (Å²) in [5.41, 5.74) is 2.45. The Labute approximate surface area is 194 Å². The molecule has 3 rings (SSSR count). The maximum absolute atomic E-state index is 6.40. The van der Waals surface area contributed by atoms with Gasteiger partial charge in [0.05, 0.1) is 32.0 Å². The highest BCUT2D eigenvalue weighted by Gasteiger charge is 2.46. The van der Waals surface area contributed by atoms with Gasteiger partial charge in [-0.15, -0.1) is 0 Å². The van der Waals surface area contributed by atoms with Crippen LogP contribution in [-0.4, -0.2) is 48.4 Å². The Morgan fingerprint density at radius 1 is 0.875 bits per heavy atom. The zero-order valence-electron chi connectivity index (χ0n) is 20.5. The van der Waals surface area contributed by atoms with Crippen LogP contribution in [0.4, 0.5) is 0 Å². The van der Waals surface area contributed by atoms with Crippen LogP contribution in [0.1, 0.15) is 64.7 Å². The first-order valence-electron chi connectivity index (χ1n) is 12.0. The Morgan fingerprint density at radius 3 is 2.06 bits per heavy atom. The molecule has 1 heterocycles. The number of ether oxygens (including phenoxy) is 3. The molecule has 0 aliphatic carbocycles. The molecule has 1 aliphatic heterocycles.